The third-order valence-electron chi connectivity index (χ3n) is 4.53. The van der Waals surface area contributed by atoms with Crippen molar-refractivity contribution >= 4 is 0 Å². The molecule has 0 aromatic rings. The lowest BCUT2D eigenvalue weighted by Crippen LogP contribution is -2.43. The zero-order valence-electron chi connectivity index (χ0n) is 11.6. The Hall–Kier alpha value is -0.120. The molecule has 0 aromatic carbocycles. The van der Waals surface area contributed by atoms with Crippen LogP contribution in [0.15, 0.2) is 0 Å². The first kappa shape index (κ1) is 13.3. The average Bonchev–Trinajstić information content (AvgIpc) is 2.85. The average molecular weight is 239 g/mol. The minimum absolute atomic E-state index is 0.676. The van der Waals surface area contributed by atoms with E-state index in [4.69, 9.17) is 0 Å². The van der Waals surface area contributed by atoms with Gasteiger partial charge in [-0.1, -0.05) is 13.3 Å². The fraction of sp³-hybridized carbons (Fsp3) is 1.00. The van der Waals surface area contributed by atoms with Gasteiger partial charge in [0.2, 0.25) is 0 Å². The molecule has 2 aliphatic rings. The smallest absolute Gasteiger partial charge is 0.0235 e. The number of hydrogen-bond donors (Lipinski definition) is 1. The molecular weight excluding hydrogens is 210 g/mol. The molecule has 0 aliphatic carbocycles. The summed E-state index contributed by atoms with van der Waals surface area (Å²) in [5, 5.41) is 3.42. The minimum atomic E-state index is 0.676. The second-order valence-electron chi connectivity index (χ2n) is 5.69. The van der Waals surface area contributed by atoms with Crippen molar-refractivity contribution in [2.45, 2.75) is 51.1 Å². The Morgan fingerprint density at radius 1 is 1.18 bits per heavy atom. The van der Waals surface area contributed by atoms with Crippen LogP contribution in [0.5, 0.6) is 0 Å². The van der Waals surface area contributed by atoms with E-state index in [0.717, 1.165) is 6.04 Å². The van der Waals surface area contributed by atoms with Crippen LogP contribution in [0.25, 0.3) is 0 Å². The van der Waals surface area contributed by atoms with Crippen LogP contribution in [0.1, 0.15) is 39.0 Å². The van der Waals surface area contributed by atoms with E-state index in [2.05, 4.69) is 29.1 Å². The number of nitrogens with one attached hydrogen (secondary N) is 1. The van der Waals surface area contributed by atoms with Crippen LogP contribution in [-0.2, 0) is 0 Å². The molecule has 3 nitrogen and oxygen atoms in total. The molecule has 0 bridgehead atoms. The summed E-state index contributed by atoms with van der Waals surface area (Å²) in [6, 6.07) is 1.53. The predicted molar refractivity (Wildman–Crippen MR) is 73.4 cm³/mol. The summed E-state index contributed by atoms with van der Waals surface area (Å²) in [5.41, 5.74) is 0. The number of likely N-dealkylation sites (tertiary alicyclic amines) is 2. The number of likely N-dealkylation sites (N-methyl/N-ethyl adjacent to an activating group) is 1. The van der Waals surface area contributed by atoms with Crippen LogP contribution in [0.4, 0.5) is 0 Å². The van der Waals surface area contributed by atoms with E-state index < -0.39 is 0 Å². The van der Waals surface area contributed by atoms with E-state index in [9.17, 15) is 0 Å². The van der Waals surface area contributed by atoms with Crippen molar-refractivity contribution in [2.24, 2.45) is 0 Å². The van der Waals surface area contributed by atoms with Gasteiger partial charge in [0.05, 0.1) is 0 Å². The monoisotopic (exact) mass is 239 g/mol. The molecule has 2 saturated heterocycles. The molecule has 2 fully saturated rings. The number of piperidine rings is 1. The van der Waals surface area contributed by atoms with Crippen molar-refractivity contribution in [1.82, 2.24) is 15.1 Å². The zero-order chi connectivity index (χ0) is 12.1. The second-order valence-corrected chi connectivity index (χ2v) is 5.69. The SMILES string of the molecule is CCC(CN1CCC(N2CCCCC2)C1)NC. The van der Waals surface area contributed by atoms with E-state index in [1.54, 1.807) is 0 Å². The highest BCUT2D eigenvalue weighted by Gasteiger charge is 2.28. The van der Waals surface area contributed by atoms with Crippen molar-refractivity contribution in [3.05, 3.63) is 0 Å². The third-order valence-corrected chi connectivity index (χ3v) is 4.53. The zero-order valence-corrected chi connectivity index (χ0v) is 11.6. The lowest BCUT2D eigenvalue weighted by atomic mass is 10.1. The topological polar surface area (TPSA) is 18.5 Å². The highest BCUT2D eigenvalue weighted by atomic mass is 15.3. The first-order valence-corrected chi connectivity index (χ1v) is 7.47. The molecule has 100 valence electrons. The lowest BCUT2D eigenvalue weighted by Gasteiger charge is -2.32. The summed E-state index contributed by atoms with van der Waals surface area (Å²) in [7, 11) is 2.09. The Morgan fingerprint density at radius 3 is 2.59 bits per heavy atom. The van der Waals surface area contributed by atoms with Crippen molar-refractivity contribution in [3.8, 4) is 0 Å². The van der Waals surface area contributed by atoms with Gasteiger partial charge in [-0.25, -0.2) is 0 Å². The second kappa shape index (κ2) is 6.72. The van der Waals surface area contributed by atoms with Crippen molar-refractivity contribution in [1.29, 1.82) is 0 Å². The van der Waals surface area contributed by atoms with Gasteiger partial charge in [0.15, 0.2) is 0 Å². The number of hydrogen-bond acceptors (Lipinski definition) is 3. The molecule has 2 aliphatic heterocycles. The molecule has 17 heavy (non-hydrogen) atoms. The van der Waals surface area contributed by atoms with Gasteiger partial charge in [-0.15, -0.1) is 0 Å². The highest BCUT2D eigenvalue weighted by Crippen LogP contribution is 2.20. The van der Waals surface area contributed by atoms with Gasteiger partial charge in [0, 0.05) is 25.2 Å². The molecule has 0 aromatic heterocycles. The maximum absolute atomic E-state index is 3.42. The largest absolute Gasteiger partial charge is 0.316 e. The Kier molecular flexibility index (Phi) is 5.26. The molecular formula is C14H29N3. The van der Waals surface area contributed by atoms with Crippen LogP contribution in [-0.4, -0.2) is 61.7 Å². The van der Waals surface area contributed by atoms with Gasteiger partial charge in [-0.05, 0) is 52.4 Å². The predicted octanol–water partition coefficient (Wildman–Crippen LogP) is 1.54. The Balaban J connectivity index is 1.74. The van der Waals surface area contributed by atoms with Crippen molar-refractivity contribution < 1.29 is 0 Å². The summed E-state index contributed by atoms with van der Waals surface area (Å²) >= 11 is 0. The van der Waals surface area contributed by atoms with Crippen LogP contribution in [0.3, 0.4) is 0 Å². The van der Waals surface area contributed by atoms with Gasteiger partial charge in [0.25, 0.3) is 0 Å². The first-order chi connectivity index (χ1) is 8.33. The van der Waals surface area contributed by atoms with Gasteiger partial charge in [0.1, 0.15) is 0 Å². The maximum Gasteiger partial charge on any atom is 0.0235 e. The number of nitrogens with zero attached hydrogens (tertiary/aromatic N) is 2. The molecule has 1 N–H and O–H groups in total. The van der Waals surface area contributed by atoms with E-state index in [-0.39, 0.29) is 0 Å². The summed E-state index contributed by atoms with van der Waals surface area (Å²) in [5.74, 6) is 0. The standard InChI is InChI=1S/C14H29N3/c1-3-13(15-2)11-16-10-7-14(12-16)17-8-5-4-6-9-17/h13-15H,3-12H2,1-2H3. The van der Waals surface area contributed by atoms with Crippen molar-refractivity contribution in [3.63, 3.8) is 0 Å². The molecule has 0 spiro atoms. The van der Waals surface area contributed by atoms with Crippen LogP contribution in [0.2, 0.25) is 0 Å². The Bertz CT molecular complexity index is 210. The first-order valence-electron chi connectivity index (χ1n) is 7.47. The summed E-state index contributed by atoms with van der Waals surface area (Å²) < 4.78 is 0. The molecule has 2 atom stereocenters. The van der Waals surface area contributed by atoms with Crippen LogP contribution in [0, 0.1) is 0 Å². The fourth-order valence-corrected chi connectivity index (χ4v) is 3.30. The molecule has 2 unspecified atom stereocenters. The summed E-state index contributed by atoms with van der Waals surface area (Å²) in [6.07, 6.45) is 6.92. The third kappa shape index (κ3) is 3.67. The molecule has 0 radical (unpaired) electrons. The van der Waals surface area contributed by atoms with Crippen LogP contribution >= 0.6 is 0 Å². The summed E-state index contributed by atoms with van der Waals surface area (Å²) in [6.45, 7) is 8.82. The van der Waals surface area contributed by atoms with E-state index in [0.29, 0.717) is 6.04 Å². The van der Waals surface area contributed by atoms with E-state index >= 15 is 0 Å². The normalized spacial score (nSPS) is 29.6. The Labute approximate surface area is 107 Å². The molecule has 3 heteroatoms. The quantitative estimate of drug-likeness (QED) is 0.785. The van der Waals surface area contributed by atoms with Gasteiger partial charge >= 0.3 is 0 Å². The number of rotatable bonds is 5. The van der Waals surface area contributed by atoms with Crippen molar-refractivity contribution in [2.75, 3.05) is 39.8 Å². The minimum Gasteiger partial charge on any atom is -0.316 e. The highest BCUT2D eigenvalue weighted by molar-refractivity contribution is 4.86. The Morgan fingerprint density at radius 2 is 1.94 bits per heavy atom. The molecule has 0 saturated carbocycles. The molecule has 0 amide bonds. The van der Waals surface area contributed by atoms with Gasteiger partial charge in [-0.3, -0.25) is 4.90 Å². The van der Waals surface area contributed by atoms with E-state index in [1.165, 1.54) is 64.8 Å². The molecule has 2 heterocycles. The van der Waals surface area contributed by atoms with E-state index in [1.807, 2.05) is 0 Å². The van der Waals surface area contributed by atoms with Crippen LogP contribution < -0.4 is 5.32 Å². The van der Waals surface area contributed by atoms with Gasteiger partial charge < -0.3 is 10.2 Å². The lowest BCUT2D eigenvalue weighted by molar-refractivity contribution is 0.160. The van der Waals surface area contributed by atoms with Gasteiger partial charge in [-0.2, -0.15) is 0 Å². The molecule has 2 rings (SSSR count). The summed E-state index contributed by atoms with van der Waals surface area (Å²) in [4.78, 5) is 5.40. The maximum atomic E-state index is 3.42. The fourth-order valence-electron chi connectivity index (χ4n) is 3.30.